The number of nitrogens with zero attached hydrogens (tertiary/aromatic N) is 4. The molecule has 5 atom stereocenters. The molecule has 2 aliphatic heterocycles. The molecule has 5 rings (SSSR count). The van der Waals surface area contributed by atoms with Gasteiger partial charge in [0.15, 0.2) is 8.32 Å². The molecular formula is C30H40N4O5Si. The fourth-order valence-corrected chi connectivity index (χ4v) is 8.29. The van der Waals surface area contributed by atoms with Crippen molar-refractivity contribution in [3.63, 3.8) is 0 Å². The zero-order valence-electron chi connectivity index (χ0n) is 23.7. The first-order valence-electron chi connectivity index (χ1n) is 14.1. The summed E-state index contributed by atoms with van der Waals surface area (Å²) in [5.74, 6) is 0.630. The monoisotopic (exact) mass is 564 g/mol. The van der Waals surface area contributed by atoms with Crippen LogP contribution in [0.15, 0.2) is 54.7 Å². The van der Waals surface area contributed by atoms with Crippen molar-refractivity contribution in [2.75, 3.05) is 25.2 Å². The molecule has 2 aromatic carbocycles. The molecule has 0 aliphatic carbocycles. The molecule has 9 nitrogen and oxygen atoms in total. The van der Waals surface area contributed by atoms with Gasteiger partial charge in [-0.2, -0.15) is 0 Å². The number of methoxy groups -OCH3 is 1. The highest BCUT2D eigenvalue weighted by Gasteiger charge is 2.46. The predicted molar refractivity (Wildman–Crippen MR) is 155 cm³/mol. The van der Waals surface area contributed by atoms with E-state index in [1.54, 1.807) is 11.8 Å². The van der Waals surface area contributed by atoms with E-state index < -0.39 is 8.32 Å². The number of aromatic nitrogens is 3. The Hall–Kier alpha value is -3.05. The van der Waals surface area contributed by atoms with Crippen LogP contribution in [0.2, 0.25) is 18.6 Å². The Balaban J connectivity index is 1.35. The molecule has 2 unspecified atom stereocenters. The van der Waals surface area contributed by atoms with Crippen molar-refractivity contribution in [3.8, 4) is 5.75 Å². The molecule has 3 heterocycles. The lowest BCUT2D eigenvalue weighted by atomic mass is 9.86. The van der Waals surface area contributed by atoms with Crippen molar-refractivity contribution >= 4 is 19.9 Å². The number of anilines is 1. The molecule has 10 heteroatoms. The van der Waals surface area contributed by atoms with E-state index in [-0.39, 0.29) is 42.1 Å². The summed E-state index contributed by atoms with van der Waals surface area (Å²) in [5.41, 5.74) is 3.43. The predicted octanol–water partition coefficient (Wildman–Crippen LogP) is 4.27. The topological polar surface area (TPSA) is 110 Å². The van der Waals surface area contributed by atoms with Crippen molar-refractivity contribution < 1.29 is 24.2 Å². The molecule has 2 N–H and O–H groups in total. The van der Waals surface area contributed by atoms with Gasteiger partial charge in [0.25, 0.3) is 0 Å². The van der Waals surface area contributed by atoms with Gasteiger partial charge < -0.3 is 24.3 Å². The van der Waals surface area contributed by atoms with Crippen LogP contribution in [0.4, 0.5) is 5.69 Å². The number of carbonyl (C=O) groups excluding carboxylic acids is 1. The molecule has 2 aliphatic rings. The van der Waals surface area contributed by atoms with Crippen LogP contribution in [0.1, 0.15) is 55.0 Å². The van der Waals surface area contributed by atoms with E-state index in [4.69, 9.17) is 9.47 Å². The van der Waals surface area contributed by atoms with Gasteiger partial charge in [0.2, 0.25) is 5.91 Å². The number of hydrogen-bond acceptors (Lipinski definition) is 7. The van der Waals surface area contributed by atoms with Crippen LogP contribution in [0, 0.1) is 5.92 Å². The summed E-state index contributed by atoms with van der Waals surface area (Å²) in [6, 6.07) is 15.7. The van der Waals surface area contributed by atoms with Crippen molar-refractivity contribution in [2.24, 2.45) is 5.92 Å². The number of carbonyl (C=O) groups is 1. The largest absolute Gasteiger partial charge is 0.490 e. The van der Waals surface area contributed by atoms with Gasteiger partial charge in [0, 0.05) is 55.5 Å². The van der Waals surface area contributed by atoms with E-state index in [0.29, 0.717) is 25.1 Å². The molecule has 0 bridgehead atoms. The maximum absolute atomic E-state index is 12.3. The zero-order chi connectivity index (χ0) is 28.4. The van der Waals surface area contributed by atoms with Gasteiger partial charge in [-0.25, -0.2) is 0 Å². The standard InChI is InChI=1S/C30H40N4O5Si/c1-20-29(38-2)23-17-22(34-15-8-11-28(34)36)12-13-26(23)39-30(20)27(40(3,4)37)14-16-33-18-25(31-32-33)24(19-35)21-9-6-5-7-10-21/h5-7,9-10,12-13,17-18,20,24,27,29-30,35,37H,8,11,14-16,19H2,1-4H3/t20-,24?,27?,29-,30-/m1/s1. The van der Waals surface area contributed by atoms with Crippen LogP contribution in [0.25, 0.3) is 0 Å². The van der Waals surface area contributed by atoms with Gasteiger partial charge in [0.1, 0.15) is 11.9 Å². The van der Waals surface area contributed by atoms with Crippen molar-refractivity contribution in [1.82, 2.24) is 15.0 Å². The smallest absolute Gasteiger partial charge is 0.227 e. The van der Waals surface area contributed by atoms with Gasteiger partial charge in [-0.1, -0.05) is 42.5 Å². The number of benzene rings is 2. The highest BCUT2D eigenvalue weighted by Crippen LogP contribution is 2.47. The van der Waals surface area contributed by atoms with Crippen molar-refractivity contribution in [2.45, 2.75) is 69.5 Å². The van der Waals surface area contributed by atoms with Crippen molar-refractivity contribution in [3.05, 3.63) is 71.5 Å². The van der Waals surface area contributed by atoms with Gasteiger partial charge in [0.05, 0.1) is 24.3 Å². The molecule has 1 amide bonds. The minimum Gasteiger partial charge on any atom is -0.490 e. The molecule has 1 saturated heterocycles. The lowest BCUT2D eigenvalue weighted by Gasteiger charge is -2.44. The zero-order valence-corrected chi connectivity index (χ0v) is 24.7. The fourth-order valence-electron chi connectivity index (χ4n) is 6.28. The van der Waals surface area contributed by atoms with Crippen LogP contribution in [-0.2, 0) is 16.1 Å². The fraction of sp³-hybridized carbons (Fsp3) is 0.500. The van der Waals surface area contributed by atoms with E-state index in [2.05, 4.69) is 17.2 Å². The summed E-state index contributed by atoms with van der Waals surface area (Å²) in [4.78, 5) is 25.6. The maximum atomic E-state index is 12.3. The summed E-state index contributed by atoms with van der Waals surface area (Å²) in [5, 5.41) is 18.7. The highest BCUT2D eigenvalue weighted by molar-refractivity contribution is 6.71. The highest BCUT2D eigenvalue weighted by atomic mass is 28.4. The minimum absolute atomic E-state index is 0.0193. The number of fused-ring (bicyclic) bond motifs is 1. The first-order valence-corrected chi connectivity index (χ1v) is 17.2. The van der Waals surface area contributed by atoms with Crippen LogP contribution < -0.4 is 9.64 Å². The van der Waals surface area contributed by atoms with Gasteiger partial charge >= 0.3 is 0 Å². The van der Waals surface area contributed by atoms with E-state index >= 15 is 0 Å². The lowest BCUT2D eigenvalue weighted by molar-refractivity contribution is -0.117. The first-order chi connectivity index (χ1) is 19.2. The second-order valence-corrected chi connectivity index (χ2v) is 15.6. The van der Waals surface area contributed by atoms with Gasteiger partial charge in [-0.15, -0.1) is 5.10 Å². The van der Waals surface area contributed by atoms with Crippen LogP contribution in [0.5, 0.6) is 5.75 Å². The minimum atomic E-state index is -2.68. The molecule has 40 heavy (non-hydrogen) atoms. The average molecular weight is 565 g/mol. The quantitative estimate of drug-likeness (QED) is 0.354. The molecule has 0 radical (unpaired) electrons. The molecule has 0 saturated carbocycles. The van der Waals surface area contributed by atoms with Crippen molar-refractivity contribution in [1.29, 1.82) is 0 Å². The number of amides is 1. The normalized spacial score (nSPS) is 22.6. The van der Waals surface area contributed by atoms with Crippen LogP contribution >= 0.6 is 0 Å². The number of aliphatic hydroxyl groups excluding tert-OH is 1. The number of aliphatic hydroxyl groups is 1. The summed E-state index contributed by atoms with van der Waals surface area (Å²) in [6.45, 7) is 7.26. The number of rotatable bonds is 10. The van der Waals surface area contributed by atoms with E-state index in [1.165, 1.54) is 0 Å². The number of aryl methyl sites for hydroxylation is 1. The Bertz CT molecular complexity index is 1310. The summed E-state index contributed by atoms with van der Waals surface area (Å²) in [7, 11) is -0.977. The molecular weight excluding hydrogens is 524 g/mol. The summed E-state index contributed by atoms with van der Waals surface area (Å²) < 4.78 is 14.4. The Morgan fingerprint density at radius 2 is 1.98 bits per heavy atom. The van der Waals surface area contributed by atoms with Gasteiger partial charge in [-0.05, 0) is 49.7 Å². The lowest BCUT2D eigenvalue weighted by Crippen LogP contribution is -2.48. The third kappa shape index (κ3) is 5.71. The second-order valence-electron chi connectivity index (χ2n) is 11.6. The number of ether oxygens (including phenoxy) is 2. The molecule has 214 valence electrons. The SMILES string of the molecule is CO[C@H]1c2cc(N3CCCC3=O)ccc2O[C@@H](C(CCn2cc(C(CO)c3ccccc3)nn2)[Si](C)(C)O)[C@@H]1C. The summed E-state index contributed by atoms with van der Waals surface area (Å²) in [6.07, 6.45) is 3.53. The Labute approximate surface area is 236 Å². The third-order valence-electron chi connectivity index (χ3n) is 8.47. The van der Waals surface area contributed by atoms with E-state index in [1.807, 2.05) is 72.7 Å². The van der Waals surface area contributed by atoms with E-state index in [0.717, 1.165) is 35.5 Å². The van der Waals surface area contributed by atoms with E-state index in [9.17, 15) is 14.7 Å². The van der Waals surface area contributed by atoms with Gasteiger partial charge in [-0.3, -0.25) is 9.48 Å². The Kier molecular flexibility index (Phi) is 8.41. The second kappa shape index (κ2) is 11.8. The van der Waals surface area contributed by atoms with Crippen LogP contribution in [-0.4, -0.2) is 65.5 Å². The maximum Gasteiger partial charge on any atom is 0.227 e. The molecule has 0 spiro atoms. The van der Waals surface area contributed by atoms with Crippen LogP contribution in [0.3, 0.4) is 0 Å². The Morgan fingerprint density at radius 3 is 2.62 bits per heavy atom. The average Bonchev–Trinajstić information content (AvgIpc) is 3.58. The molecule has 1 fully saturated rings. The Morgan fingerprint density at radius 1 is 1.20 bits per heavy atom. The molecule has 1 aromatic heterocycles. The third-order valence-corrected chi connectivity index (χ3v) is 10.9. The first kappa shape index (κ1) is 28.5. The summed E-state index contributed by atoms with van der Waals surface area (Å²) >= 11 is 0. The molecule has 3 aromatic rings. The number of hydrogen-bond donors (Lipinski definition) is 2.